The van der Waals surface area contributed by atoms with Gasteiger partial charge in [0.15, 0.2) is 0 Å². The van der Waals surface area contributed by atoms with Crippen LogP contribution >= 0.6 is 0 Å². The van der Waals surface area contributed by atoms with Crippen molar-refractivity contribution >= 4 is 11.7 Å². The Kier molecular flexibility index (Phi) is 4.98. The standard InChI is InChI=1S/C15H23N3O2/c1-3-14-10-20-11(2)9-18(14)15(19)17-13-6-4-12(8-16)5-7-13/h4-7,11,14H,3,8-10,16H2,1-2H3,(H,17,19). The summed E-state index contributed by atoms with van der Waals surface area (Å²) in [6, 6.07) is 7.70. The Labute approximate surface area is 120 Å². The van der Waals surface area contributed by atoms with Gasteiger partial charge >= 0.3 is 6.03 Å². The first-order valence-corrected chi connectivity index (χ1v) is 7.12. The lowest BCUT2D eigenvalue weighted by Gasteiger charge is -2.38. The number of nitrogens with two attached hydrogens (primary N) is 1. The van der Waals surface area contributed by atoms with E-state index in [1.807, 2.05) is 36.1 Å². The minimum atomic E-state index is -0.0625. The van der Waals surface area contributed by atoms with Gasteiger partial charge in [0.1, 0.15) is 0 Å². The van der Waals surface area contributed by atoms with E-state index >= 15 is 0 Å². The van der Waals surface area contributed by atoms with Gasteiger partial charge < -0.3 is 20.7 Å². The molecular weight excluding hydrogens is 254 g/mol. The summed E-state index contributed by atoms with van der Waals surface area (Å²) in [5, 5.41) is 2.94. The number of hydrogen-bond donors (Lipinski definition) is 2. The maximum atomic E-state index is 12.4. The van der Waals surface area contributed by atoms with Gasteiger partial charge in [-0.3, -0.25) is 0 Å². The van der Waals surface area contributed by atoms with Gasteiger partial charge in [-0.1, -0.05) is 19.1 Å². The summed E-state index contributed by atoms with van der Waals surface area (Å²) in [5.41, 5.74) is 7.40. The molecule has 0 aliphatic carbocycles. The molecule has 1 fully saturated rings. The second kappa shape index (κ2) is 6.72. The Bertz CT molecular complexity index is 447. The van der Waals surface area contributed by atoms with Crippen LogP contribution in [0.4, 0.5) is 10.5 Å². The summed E-state index contributed by atoms with van der Waals surface area (Å²) in [7, 11) is 0. The summed E-state index contributed by atoms with van der Waals surface area (Å²) in [6.07, 6.45) is 0.981. The Balaban J connectivity index is 2.01. The van der Waals surface area contributed by atoms with E-state index in [9.17, 15) is 4.79 Å². The summed E-state index contributed by atoms with van der Waals surface area (Å²) in [4.78, 5) is 14.2. The van der Waals surface area contributed by atoms with E-state index in [4.69, 9.17) is 10.5 Å². The van der Waals surface area contributed by atoms with Crippen molar-refractivity contribution in [3.05, 3.63) is 29.8 Å². The van der Waals surface area contributed by atoms with E-state index < -0.39 is 0 Å². The monoisotopic (exact) mass is 277 g/mol. The first-order chi connectivity index (χ1) is 9.63. The van der Waals surface area contributed by atoms with Crippen LogP contribution in [0.1, 0.15) is 25.8 Å². The van der Waals surface area contributed by atoms with Gasteiger partial charge in [0.25, 0.3) is 0 Å². The lowest BCUT2D eigenvalue weighted by molar-refractivity contribution is -0.0357. The average Bonchev–Trinajstić information content (AvgIpc) is 2.48. The molecule has 110 valence electrons. The third-order valence-electron chi connectivity index (χ3n) is 3.64. The van der Waals surface area contributed by atoms with E-state index in [2.05, 4.69) is 12.2 Å². The van der Waals surface area contributed by atoms with Crippen LogP contribution in [0.5, 0.6) is 0 Å². The number of hydrogen-bond acceptors (Lipinski definition) is 3. The van der Waals surface area contributed by atoms with Gasteiger partial charge in [-0.15, -0.1) is 0 Å². The van der Waals surface area contributed by atoms with Crippen molar-refractivity contribution in [2.45, 2.75) is 39.0 Å². The zero-order valence-electron chi connectivity index (χ0n) is 12.1. The number of nitrogens with one attached hydrogen (secondary N) is 1. The molecule has 2 rings (SSSR count). The Morgan fingerprint density at radius 3 is 2.75 bits per heavy atom. The molecule has 0 bridgehead atoms. The number of rotatable bonds is 3. The molecule has 3 N–H and O–H groups in total. The molecule has 1 aromatic carbocycles. The maximum absolute atomic E-state index is 12.4. The van der Waals surface area contributed by atoms with Crippen LogP contribution in [0.25, 0.3) is 0 Å². The lowest BCUT2D eigenvalue weighted by atomic mass is 10.1. The van der Waals surface area contributed by atoms with Crippen molar-refractivity contribution in [3.8, 4) is 0 Å². The van der Waals surface area contributed by atoms with E-state index in [1.54, 1.807) is 0 Å². The number of nitrogens with zero attached hydrogens (tertiary/aromatic N) is 1. The SMILES string of the molecule is CCC1COC(C)CN1C(=O)Nc1ccc(CN)cc1. The zero-order chi connectivity index (χ0) is 14.5. The van der Waals surface area contributed by atoms with Crippen molar-refractivity contribution in [1.29, 1.82) is 0 Å². The number of urea groups is 1. The van der Waals surface area contributed by atoms with Crippen molar-refractivity contribution in [2.24, 2.45) is 5.73 Å². The van der Waals surface area contributed by atoms with Crippen LogP contribution in [-0.4, -0.2) is 36.2 Å². The van der Waals surface area contributed by atoms with Crippen LogP contribution in [-0.2, 0) is 11.3 Å². The van der Waals surface area contributed by atoms with Crippen molar-refractivity contribution in [3.63, 3.8) is 0 Å². The minimum absolute atomic E-state index is 0.0625. The molecule has 1 aliphatic rings. The van der Waals surface area contributed by atoms with Crippen molar-refractivity contribution < 1.29 is 9.53 Å². The lowest BCUT2D eigenvalue weighted by Crippen LogP contribution is -2.52. The Morgan fingerprint density at radius 1 is 1.45 bits per heavy atom. The molecule has 1 saturated heterocycles. The third-order valence-corrected chi connectivity index (χ3v) is 3.64. The maximum Gasteiger partial charge on any atom is 0.322 e. The molecular formula is C15H23N3O2. The van der Waals surface area contributed by atoms with Gasteiger partial charge in [0, 0.05) is 18.8 Å². The Morgan fingerprint density at radius 2 is 2.15 bits per heavy atom. The number of carbonyl (C=O) groups is 1. The topological polar surface area (TPSA) is 67.6 Å². The van der Waals surface area contributed by atoms with Crippen LogP contribution in [0.2, 0.25) is 0 Å². The number of benzene rings is 1. The highest BCUT2D eigenvalue weighted by atomic mass is 16.5. The van der Waals surface area contributed by atoms with Crippen LogP contribution in [0.3, 0.4) is 0 Å². The Hall–Kier alpha value is -1.59. The quantitative estimate of drug-likeness (QED) is 0.889. The number of anilines is 1. The van der Waals surface area contributed by atoms with E-state index in [-0.39, 0.29) is 18.2 Å². The van der Waals surface area contributed by atoms with Gasteiger partial charge in [-0.25, -0.2) is 4.79 Å². The molecule has 0 radical (unpaired) electrons. The fraction of sp³-hybridized carbons (Fsp3) is 0.533. The smallest absolute Gasteiger partial charge is 0.322 e. The molecule has 2 unspecified atom stereocenters. The highest BCUT2D eigenvalue weighted by Gasteiger charge is 2.29. The van der Waals surface area contributed by atoms with Gasteiger partial charge in [0.2, 0.25) is 0 Å². The summed E-state index contributed by atoms with van der Waals surface area (Å²) < 4.78 is 5.61. The normalized spacial score (nSPS) is 22.6. The number of amides is 2. The predicted molar refractivity (Wildman–Crippen MR) is 79.6 cm³/mol. The van der Waals surface area contributed by atoms with Crippen molar-refractivity contribution in [2.75, 3.05) is 18.5 Å². The molecule has 1 aromatic rings. The average molecular weight is 277 g/mol. The van der Waals surface area contributed by atoms with Crippen molar-refractivity contribution in [1.82, 2.24) is 4.90 Å². The van der Waals surface area contributed by atoms with Crippen LogP contribution in [0, 0.1) is 0 Å². The fourth-order valence-electron chi connectivity index (χ4n) is 2.35. The summed E-state index contributed by atoms with van der Waals surface area (Å²) in [6.45, 7) is 5.80. The summed E-state index contributed by atoms with van der Waals surface area (Å²) >= 11 is 0. The van der Waals surface area contributed by atoms with E-state index in [1.165, 1.54) is 0 Å². The molecule has 5 heteroatoms. The third kappa shape index (κ3) is 3.49. The molecule has 1 aliphatic heterocycles. The molecule has 0 spiro atoms. The highest BCUT2D eigenvalue weighted by molar-refractivity contribution is 5.89. The van der Waals surface area contributed by atoms with Gasteiger partial charge in [-0.05, 0) is 31.0 Å². The fourth-order valence-corrected chi connectivity index (χ4v) is 2.35. The van der Waals surface area contributed by atoms with Gasteiger partial charge in [0.05, 0.1) is 18.8 Å². The van der Waals surface area contributed by atoms with Crippen LogP contribution < -0.4 is 11.1 Å². The zero-order valence-corrected chi connectivity index (χ0v) is 12.1. The van der Waals surface area contributed by atoms with Gasteiger partial charge in [-0.2, -0.15) is 0 Å². The molecule has 2 amide bonds. The van der Waals surface area contributed by atoms with E-state index in [0.717, 1.165) is 17.7 Å². The number of ether oxygens (including phenoxy) is 1. The molecule has 1 heterocycles. The molecule has 0 saturated carbocycles. The predicted octanol–water partition coefficient (Wildman–Crippen LogP) is 2.18. The van der Waals surface area contributed by atoms with Crippen LogP contribution in [0.15, 0.2) is 24.3 Å². The minimum Gasteiger partial charge on any atom is -0.375 e. The second-order valence-electron chi connectivity index (χ2n) is 5.19. The first kappa shape index (κ1) is 14.8. The van der Waals surface area contributed by atoms with E-state index in [0.29, 0.717) is 19.7 Å². The summed E-state index contributed by atoms with van der Waals surface area (Å²) in [5.74, 6) is 0. The number of morpholine rings is 1. The highest BCUT2D eigenvalue weighted by Crippen LogP contribution is 2.17. The molecule has 0 aromatic heterocycles. The second-order valence-corrected chi connectivity index (χ2v) is 5.19. The molecule has 2 atom stereocenters. The molecule has 5 nitrogen and oxygen atoms in total. The number of carbonyl (C=O) groups excluding carboxylic acids is 1. The first-order valence-electron chi connectivity index (χ1n) is 7.12. The largest absolute Gasteiger partial charge is 0.375 e. The molecule has 20 heavy (non-hydrogen) atoms.